The number of hydrogen-bond donors (Lipinski definition) is 2. The lowest BCUT2D eigenvalue weighted by Gasteiger charge is -2.17. The maximum atomic E-state index is 11.7. The Morgan fingerprint density at radius 2 is 1.41 bits per heavy atom. The third-order valence-corrected chi connectivity index (χ3v) is 6.53. The van der Waals surface area contributed by atoms with Crippen molar-refractivity contribution in [2.24, 2.45) is 17.8 Å². The summed E-state index contributed by atoms with van der Waals surface area (Å²) in [6.07, 6.45) is 8.65. The van der Waals surface area contributed by atoms with Gasteiger partial charge in [-0.3, -0.25) is 4.55 Å². The second-order valence-corrected chi connectivity index (χ2v) is 10.0. The SMILES string of the molecule is Cc1ccc(O)c(CC[C@H](C)CCC[C@H](C)CCCC(C)C)c1S(=O)(=O)O. The van der Waals surface area contributed by atoms with Gasteiger partial charge < -0.3 is 5.11 Å². The van der Waals surface area contributed by atoms with Crippen LogP contribution in [0.1, 0.15) is 83.8 Å². The third-order valence-electron chi connectivity index (χ3n) is 5.45. The lowest BCUT2D eigenvalue weighted by atomic mass is 9.91. The Labute approximate surface area is 166 Å². The van der Waals surface area contributed by atoms with Gasteiger partial charge >= 0.3 is 0 Å². The first-order valence-corrected chi connectivity index (χ1v) is 11.7. The summed E-state index contributed by atoms with van der Waals surface area (Å²) in [6.45, 7) is 10.7. The molecule has 0 aliphatic rings. The Balaban J connectivity index is 2.50. The number of aryl methyl sites for hydroxylation is 1. The van der Waals surface area contributed by atoms with Crippen molar-refractivity contribution in [3.8, 4) is 5.75 Å². The fourth-order valence-electron chi connectivity index (χ4n) is 3.70. The van der Waals surface area contributed by atoms with Gasteiger partial charge in [-0.15, -0.1) is 0 Å². The van der Waals surface area contributed by atoms with E-state index < -0.39 is 10.1 Å². The van der Waals surface area contributed by atoms with Gasteiger partial charge in [0.05, 0.1) is 0 Å². The molecule has 1 aromatic carbocycles. The van der Waals surface area contributed by atoms with Crippen LogP contribution in [0.4, 0.5) is 0 Å². The Bertz CT molecular complexity index is 680. The van der Waals surface area contributed by atoms with Gasteiger partial charge in [-0.25, -0.2) is 0 Å². The number of rotatable bonds is 12. The van der Waals surface area contributed by atoms with Crippen molar-refractivity contribution >= 4 is 10.1 Å². The van der Waals surface area contributed by atoms with Crippen molar-refractivity contribution in [2.45, 2.75) is 90.9 Å². The Kier molecular flexibility index (Phi) is 9.82. The van der Waals surface area contributed by atoms with Gasteiger partial charge in [-0.1, -0.05) is 72.3 Å². The summed E-state index contributed by atoms with van der Waals surface area (Å²) in [7, 11) is -4.34. The van der Waals surface area contributed by atoms with Crippen molar-refractivity contribution < 1.29 is 18.1 Å². The van der Waals surface area contributed by atoms with E-state index in [0.29, 0.717) is 23.5 Å². The molecular weight excluding hydrogens is 360 g/mol. The van der Waals surface area contributed by atoms with Crippen LogP contribution >= 0.6 is 0 Å². The van der Waals surface area contributed by atoms with Gasteiger partial charge in [-0.2, -0.15) is 8.42 Å². The molecule has 0 saturated heterocycles. The Morgan fingerprint density at radius 3 is 1.93 bits per heavy atom. The Hall–Kier alpha value is -1.07. The van der Waals surface area contributed by atoms with Crippen LogP contribution in [0.5, 0.6) is 5.75 Å². The standard InChI is InChI=1S/C22H38O4S/c1-16(2)8-6-9-17(3)10-7-11-18(4)12-14-20-21(23)15-13-19(5)22(20)27(24,25)26/h13,15-18,23H,6-12,14H2,1-5H3,(H,24,25,26)/t17-,18-/m1/s1. The minimum Gasteiger partial charge on any atom is -0.508 e. The summed E-state index contributed by atoms with van der Waals surface area (Å²) in [5.41, 5.74) is 0.805. The zero-order valence-electron chi connectivity index (χ0n) is 17.7. The number of phenols is 1. The summed E-state index contributed by atoms with van der Waals surface area (Å²) >= 11 is 0. The normalized spacial score (nSPS) is 14.5. The molecule has 0 saturated carbocycles. The summed E-state index contributed by atoms with van der Waals surface area (Å²) < 4.78 is 32.9. The van der Waals surface area contributed by atoms with Crippen LogP contribution in [0.2, 0.25) is 0 Å². The van der Waals surface area contributed by atoms with Crippen LogP contribution in [0, 0.1) is 24.7 Å². The molecule has 4 nitrogen and oxygen atoms in total. The zero-order valence-corrected chi connectivity index (χ0v) is 18.5. The molecule has 0 amide bonds. The highest BCUT2D eigenvalue weighted by atomic mass is 32.2. The molecule has 0 unspecified atom stereocenters. The molecular formula is C22H38O4S. The monoisotopic (exact) mass is 398 g/mol. The summed E-state index contributed by atoms with van der Waals surface area (Å²) in [5.74, 6) is 1.92. The van der Waals surface area contributed by atoms with Crippen LogP contribution in [-0.4, -0.2) is 18.1 Å². The number of benzene rings is 1. The molecule has 27 heavy (non-hydrogen) atoms. The van der Waals surface area contributed by atoms with Crippen LogP contribution in [0.3, 0.4) is 0 Å². The second kappa shape index (κ2) is 11.1. The predicted molar refractivity (Wildman–Crippen MR) is 112 cm³/mol. The summed E-state index contributed by atoms with van der Waals surface area (Å²) in [4.78, 5) is -0.131. The van der Waals surface area contributed by atoms with Gasteiger partial charge in [0, 0.05) is 5.56 Å². The molecule has 156 valence electrons. The van der Waals surface area contributed by atoms with Crippen molar-refractivity contribution in [2.75, 3.05) is 0 Å². The number of hydrogen-bond acceptors (Lipinski definition) is 3. The fourth-order valence-corrected chi connectivity index (χ4v) is 4.70. The van der Waals surface area contributed by atoms with Gasteiger partial charge in [-0.05, 0) is 49.1 Å². The second-order valence-electron chi connectivity index (χ2n) is 8.69. The van der Waals surface area contributed by atoms with E-state index in [1.165, 1.54) is 44.2 Å². The highest BCUT2D eigenvalue weighted by molar-refractivity contribution is 7.86. The van der Waals surface area contributed by atoms with Crippen LogP contribution in [-0.2, 0) is 16.5 Å². The first kappa shape index (κ1) is 24.0. The van der Waals surface area contributed by atoms with Crippen molar-refractivity contribution in [1.82, 2.24) is 0 Å². The molecule has 0 fully saturated rings. The average Bonchev–Trinajstić information content (AvgIpc) is 2.54. The quantitative estimate of drug-likeness (QED) is 0.414. The van der Waals surface area contributed by atoms with Crippen LogP contribution in [0.25, 0.3) is 0 Å². The Morgan fingerprint density at radius 1 is 0.889 bits per heavy atom. The molecule has 0 aliphatic heterocycles. The van der Waals surface area contributed by atoms with Crippen molar-refractivity contribution in [3.05, 3.63) is 23.3 Å². The molecule has 0 spiro atoms. The van der Waals surface area contributed by atoms with E-state index in [2.05, 4.69) is 27.7 Å². The smallest absolute Gasteiger partial charge is 0.295 e. The lowest BCUT2D eigenvalue weighted by molar-refractivity contribution is 0.390. The minimum absolute atomic E-state index is 0.0563. The topological polar surface area (TPSA) is 74.6 Å². The lowest BCUT2D eigenvalue weighted by Crippen LogP contribution is -2.08. The van der Waals surface area contributed by atoms with Gasteiger partial charge in [0.1, 0.15) is 10.6 Å². The van der Waals surface area contributed by atoms with Crippen LogP contribution < -0.4 is 0 Å². The van der Waals surface area contributed by atoms with E-state index in [9.17, 15) is 18.1 Å². The largest absolute Gasteiger partial charge is 0.508 e. The highest BCUT2D eigenvalue weighted by Gasteiger charge is 2.21. The van der Waals surface area contributed by atoms with Gasteiger partial charge in [0.15, 0.2) is 0 Å². The van der Waals surface area contributed by atoms with E-state index in [1.54, 1.807) is 6.92 Å². The van der Waals surface area contributed by atoms with Crippen LogP contribution in [0.15, 0.2) is 17.0 Å². The van der Waals surface area contributed by atoms with E-state index in [1.807, 2.05) is 0 Å². The molecule has 0 heterocycles. The molecule has 2 N–H and O–H groups in total. The van der Waals surface area contributed by atoms with Gasteiger partial charge in [0.25, 0.3) is 10.1 Å². The summed E-state index contributed by atoms with van der Waals surface area (Å²) in [5, 5.41) is 10.1. The first-order valence-electron chi connectivity index (χ1n) is 10.3. The van der Waals surface area contributed by atoms with Crippen molar-refractivity contribution in [1.29, 1.82) is 0 Å². The molecule has 0 aromatic heterocycles. The highest BCUT2D eigenvalue weighted by Crippen LogP contribution is 2.31. The number of phenolic OH excluding ortho intramolecular Hbond substituents is 1. The molecule has 2 atom stereocenters. The van der Waals surface area contributed by atoms with Crippen molar-refractivity contribution in [3.63, 3.8) is 0 Å². The van der Waals surface area contributed by atoms with Gasteiger partial charge in [0.2, 0.25) is 0 Å². The van der Waals surface area contributed by atoms with E-state index in [0.717, 1.165) is 24.7 Å². The zero-order chi connectivity index (χ0) is 20.6. The minimum atomic E-state index is -4.34. The maximum Gasteiger partial charge on any atom is 0.295 e. The molecule has 1 aromatic rings. The molecule has 1 rings (SSSR count). The average molecular weight is 399 g/mol. The maximum absolute atomic E-state index is 11.7. The molecule has 0 aliphatic carbocycles. The fraction of sp³-hybridized carbons (Fsp3) is 0.727. The number of aromatic hydroxyl groups is 1. The van der Waals surface area contributed by atoms with E-state index in [4.69, 9.17) is 0 Å². The molecule has 5 heteroatoms. The predicted octanol–water partition coefficient (Wildman–Crippen LogP) is 6.15. The molecule has 0 bridgehead atoms. The van der Waals surface area contributed by atoms with E-state index in [-0.39, 0.29) is 10.6 Å². The first-order chi connectivity index (χ1) is 12.5. The van der Waals surface area contributed by atoms with E-state index >= 15 is 0 Å². The summed E-state index contributed by atoms with van der Waals surface area (Å²) in [6, 6.07) is 3.02. The molecule has 0 radical (unpaired) electrons. The third kappa shape index (κ3) is 8.65.